The highest BCUT2D eigenvalue weighted by Gasteiger charge is 2.22. The van der Waals surface area contributed by atoms with Gasteiger partial charge in [0.25, 0.3) is 17.5 Å². The number of nitro groups is 1. The molecule has 0 spiro atoms. The molecule has 3 rings (SSSR count). The van der Waals surface area contributed by atoms with E-state index in [0.717, 1.165) is 0 Å². The third kappa shape index (κ3) is 5.29. The molecule has 1 saturated heterocycles. The van der Waals surface area contributed by atoms with Gasteiger partial charge in [0, 0.05) is 43.9 Å². The van der Waals surface area contributed by atoms with Gasteiger partial charge in [0.2, 0.25) is 0 Å². The lowest BCUT2D eigenvalue weighted by Gasteiger charge is -2.30. The molecule has 0 saturated carbocycles. The predicted octanol–water partition coefficient (Wildman–Crippen LogP) is 1.59. The van der Waals surface area contributed by atoms with Crippen molar-refractivity contribution in [1.82, 2.24) is 10.6 Å². The van der Waals surface area contributed by atoms with Crippen molar-refractivity contribution in [3.63, 3.8) is 0 Å². The van der Waals surface area contributed by atoms with Crippen LogP contribution in [0.15, 0.2) is 48.5 Å². The van der Waals surface area contributed by atoms with Gasteiger partial charge in [-0.2, -0.15) is 0 Å². The number of anilines is 1. The number of non-ortho nitro benzene ring substituents is 1. The Hall–Kier alpha value is -3.46. The van der Waals surface area contributed by atoms with Crippen LogP contribution in [-0.4, -0.2) is 56.1 Å². The summed E-state index contributed by atoms with van der Waals surface area (Å²) in [5, 5.41) is 16.6. The number of nitro benzene ring substituents is 1. The lowest BCUT2D eigenvalue weighted by Crippen LogP contribution is -2.39. The molecule has 29 heavy (non-hydrogen) atoms. The largest absolute Gasteiger partial charge is 0.378 e. The number of hydrogen-bond acceptors (Lipinski definition) is 6. The third-order valence-electron chi connectivity index (χ3n) is 4.52. The van der Waals surface area contributed by atoms with Crippen LogP contribution in [0.3, 0.4) is 0 Å². The predicted molar refractivity (Wildman–Crippen MR) is 107 cm³/mol. The summed E-state index contributed by atoms with van der Waals surface area (Å²) < 4.78 is 5.33. The normalized spacial score (nSPS) is 13.6. The van der Waals surface area contributed by atoms with Crippen LogP contribution < -0.4 is 15.5 Å². The summed E-state index contributed by atoms with van der Waals surface area (Å²) in [5.74, 6) is -0.659. The second kappa shape index (κ2) is 9.65. The summed E-state index contributed by atoms with van der Waals surface area (Å²) in [6.07, 6.45) is 0. The minimum Gasteiger partial charge on any atom is -0.378 e. The molecule has 1 aliphatic heterocycles. The Balaban J connectivity index is 1.63. The minimum atomic E-state index is -0.528. The Morgan fingerprint density at radius 2 is 1.66 bits per heavy atom. The van der Waals surface area contributed by atoms with Crippen molar-refractivity contribution >= 4 is 23.2 Å². The van der Waals surface area contributed by atoms with Gasteiger partial charge in [0.1, 0.15) is 0 Å². The highest BCUT2D eigenvalue weighted by molar-refractivity contribution is 6.00. The molecule has 1 fully saturated rings. The highest BCUT2D eigenvalue weighted by atomic mass is 16.6. The molecule has 0 bridgehead atoms. The van der Waals surface area contributed by atoms with Gasteiger partial charge in [-0.3, -0.25) is 19.7 Å². The summed E-state index contributed by atoms with van der Waals surface area (Å²) in [5.41, 5.74) is 1.25. The monoisotopic (exact) mass is 398 g/mol. The van der Waals surface area contributed by atoms with E-state index in [0.29, 0.717) is 37.6 Å². The Bertz CT molecular complexity index is 882. The molecule has 2 N–H and O–H groups in total. The fraction of sp³-hybridized carbons (Fsp3) is 0.300. The summed E-state index contributed by atoms with van der Waals surface area (Å²) in [6, 6.07) is 13.0. The molecule has 0 unspecified atom stereocenters. The van der Waals surface area contributed by atoms with Gasteiger partial charge in [-0.15, -0.1) is 0 Å². The quantitative estimate of drug-likeness (QED) is 0.416. The fourth-order valence-electron chi connectivity index (χ4n) is 3.04. The minimum absolute atomic E-state index is 0.149. The van der Waals surface area contributed by atoms with Crippen LogP contribution in [0.1, 0.15) is 20.7 Å². The van der Waals surface area contributed by atoms with E-state index < -0.39 is 10.8 Å². The summed E-state index contributed by atoms with van der Waals surface area (Å²) in [6.45, 7) is 2.70. The lowest BCUT2D eigenvalue weighted by molar-refractivity contribution is -0.384. The second-order valence-electron chi connectivity index (χ2n) is 6.44. The number of nitrogens with one attached hydrogen (secondary N) is 2. The van der Waals surface area contributed by atoms with E-state index in [4.69, 9.17) is 4.74 Å². The Kier molecular flexibility index (Phi) is 6.75. The van der Waals surface area contributed by atoms with Gasteiger partial charge >= 0.3 is 0 Å². The molecule has 2 aromatic carbocycles. The average Bonchev–Trinajstić information content (AvgIpc) is 2.77. The molecule has 0 aromatic heterocycles. The van der Waals surface area contributed by atoms with Gasteiger partial charge in [-0.05, 0) is 18.2 Å². The van der Waals surface area contributed by atoms with E-state index in [9.17, 15) is 19.7 Å². The maximum absolute atomic E-state index is 12.7. The number of ether oxygens (including phenoxy) is 1. The van der Waals surface area contributed by atoms with Crippen LogP contribution in [-0.2, 0) is 4.74 Å². The molecular weight excluding hydrogens is 376 g/mol. The lowest BCUT2D eigenvalue weighted by atomic mass is 10.1. The van der Waals surface area contributed by atoms with Crippen LogP contribution in [0, 0.1) is 10.1 Å². The zero-order chi connectivity index (χ0) is 20.6. The molecule has 0 aliphatic carbocycles. The number of morpholine rings is 1. The van der Waals surface area contributed by atoms with Crippen LogP contribution in [0.2, 0.25) is 0 Å². The third-order valence-corrected chi connectivity index (χ3v) is 4.52. The van der Waals surface area contributed by atoms with Gasteiger partial charge in [-0.25, -0.2) is 0 Å². The molecule has 9 heteroatoms. The summed E-state index contributed by atoms with van der Waals surface area (Å²) in [7, 11) is 0. The van der Waals surface area contributed by atoms with Crippen molar-refractivity contribution in [2.75, 3.05) is 44.3 Å². The van der Waals surface area contributed by atoms with Crippen LogP contribution in [0.25, 0.3) is 0 Å². The molecule has 1 heterocycles. The van der Waals surface area contributed by atoms with Crippen LogP contribution >= 0.6 is 0 Å². The Morgan fingerprint density at radius 3 is 2.31 bits per heavy atom. The second-order valence-corrected chi connectivity index (χ2v) is 6.44. The van der Waals surface area contributed by atoms with Crippen LogP contribution in [0.5, 0.6) is 0 Å². The molecule has 2 amide bonds. The number of nitrogens with zero attached hydrogens (tertiary/aromatic N) is 2. The van der Waals surface area contributed by atoms with Gasteiger partial charge < -0.3 is 20.3 Å². The van der Waals surface area contributed by atoms with E-state index in [1.807, 2.05) is 11.0 Å². The van der Waals surface area contributed by atoms with Crippen molar-refractivity contribution < 1.29 is 19.2 Å². The Morgan fingerprint density at radius 1 is 1.00 bits per heavy atom. The van der Waals surface area contributed by atoms with E-state index in [1.165, 1.54) is 12.1 Å². The fourth-order valence-corrected chi connectivity index (χ4v) is 3.04. The first kappa shape index (κ1) is 20.3. The number of hydrogen-bond donors (Lipinski definition) is 2. The van der Waals surface area contributed by atoms with E-state index >= 15 is 0 Å². The van der Waals surface area contributed by atoms with E-state index in [1.54, 1.807) is 30.3 Å². The molecule has 9 nitrogen and oxygen atoms in total. The maximum Gasteiger partial charge on any atom is 0.270 e. The number of carbonyl (C=O) groups excluding carboxylic acids is 2. The van der Waals surface area contributed by atoms with Gasteiger partial charge in [-0.1, -0.05) is 18.2 Å². The maximum atomic E-state index is 12.7. The molecule has 0 atom stereocenters. The number of carbonyl (C=O) groups is 2. The molecule has 1 aliphatic rings. The van der Waals surface area contributed by atoms with Crippen LogP contribution in [0.4, 0.5) is 11.4 Å². The zero-order valence-corrected chi connectivity index (χ0v) is 15.8. The summed E-state index contributed by atoms with van der Waals surface area (Å²) >= 11 is 0. The number of amides is 2. The van der Waals surface area contributed by atoms with Gasteiger partial charge in [0.15, 0.2) is 0 Å². The van der Waals surface area contributed by atoms with Crippen molar-refractivity contribution in [1.29, 1.82) is 0 Å². The van der Waals surface area contributed by atoms with Gasteiger partial charge in [0.05, 0.1) is 29.4 Å². The van der Waals surface area contributed by atoms with Crippen molar-refractivity contribution in [2.24, 2.45) is 0 Å². The molecule has 2 aromatic rings. The van der Waals surface area contributed by atoms with E-state index in [-0.39, 0.29) is 30.2 Å². The SMILES string of the molecule is O=C(NCCNC(=O)c1cc([N+](=O)[O-])ccc1N1CCOCC1)c1ccccc1. The average molecular weight is 398 g/mol. The molecular formula is C20H22N4O5. The molecule has 152 valence electrons. The topological polar surface area (TPSA) is 114 Å². The first-order valence-corrected chi connectivity index (χ1v) is 9.29. The van der Waals surface area contributed by atoms with Crippen molar-refractivity contribution in [2.45, 2.75) is 0 Å². The van der Waals surface area contributed by atoms with E-state index in [2.05, 4.69) is 10.6 Å². The van der Waals surface area contributed by atoms with Crippen molar-refractivity contribution in [3.05, 3.63) is 69.8 Å². The number of benzene rings is 2. The zero-order valence-electron chi connectivity index (χ0n) is 15.8. The standard InChI is InChI=1S/C20H22N4O5/c25-19(15-4-2-1-3-5-15)21-8-9-22-20(26)17-14-16(24(27)28)6-7-18(17)23-10-12-29-13-11-23/h1-7,14H,8-13H2,(H,21,25)(H,22,26). The number of rotatable bonds is 7. The Labute approximate surface area is 167 Å². The highest BCUT2D eigenvalue weighted by Crippen LogP contribution is 2.26. The van der Waals surface area contributed by atoms with Crippen molar-refractivity contribution in [3.8, 4) is 0 Å². The molecule has 0 radical (unpaired) electrons. The first-order chi connectivity index (χ1) is 14.1. The summed E-state index contributed by atoms with van der Waals surface area (Å²) in [4.78, 5) is 37.3. The first-order valence-electron chi connectivity index (χ1n) is 9.29. The smallest absolute Gasteiger partial charge is 0.270 e.